The summed E-state index contributed by atoms with van der Waals surface area (Å²) in [7, 11) is 2.12. The van der Waals surface area contributed by atoms with Gasteiger partial charge in [0.2, 0.25) is 0 Å². The summed E-state index contributed by atoms with van der Waals surface area (Å²) in [6.07, 6.45) is 0.284. The first-order valence-corrected chi connectivity index (χ1v) is 12.9. The number of pyridine rings is 1. The van der Waals surface area contributed by atoms with Crippen molar-refractivity contribution < 1.29 is 18.3 Å². The lowest BCUT2D eigenvalue weighted by atomic mass is 9.79. The van der Waals surface area contributed by atoms with E-state index >= 15 is 0 Å². The number of nitrogens with one attached hydrogen (secondary N) is 3. The average Bonchev–Trinajstić information content (AvgIpc) is 3.24. The van der Waals surface area contributed by atoms with E-state index in [4.69, 9.17) is 0 Å². The number of anilines is 1. The van der Waals surface area contributed by atoms with Gasteiger partial charge in [0.1, 0.15) is 11.3 Å². The number of rotatable bonds is 4. The Labute approximate surface area is 224 Å². The summed E-state index contributed by atoms with van der Waals surface area (Å²) in [4.78, 5) is 19.4. The fourth-order valence-corrected chi connectivity index (χ4v) is 6.11. The molecule has 1 aliphatic heterocycles. The summed E-state index contributed by atoms with van der Waals surface area (Å²) in [6.45, 7) is 8.94. The predicted molar refractivity (Wildman–Crippen MR) is 149 cm³/mol. The van der Waals surface area contributed by atoms with Gasteiger partial charge in [0.15, 0.2) is 0 Å². The standard InChI is InChI=1S/C30H33F3N4O2/c1-28(2)13-20(14-29(3,4)36-28)37(5)19-7-9-21-23(16-34-25(21)12-19)22-8-6-17(11-26(22)38)18-10-24(30(31,32)33)27(39)35-15-18/h6-12,15-16,20,34,36,38H,13-14H2,1-5H3,(H,35,39). The molecule has 0 bridgehead atoms. The molecule has 0 radical (unpaired) electrons. The van der Waals surface area contributed by atoms with Crippen molar-refractivity contribution in [2.45, 2.75) is 63.8 Å². The molecule has 0 unspecified atom stereocenters. The highest BCUT2D eigenvalue weighted by atomic mass is 19.4. The average molecular weight is 539 g/mol. The first-order valence-electron chi connectivity index (χ1n) is 12.9. The third-order valence-corrected chi connectivity index (χ3v) is 7.62. The monoisotopic (exact) mass is 538 g/mol. The molecule has 2 aromatic carbocycles. The van der Waals surface area contributed by atoms with Crippen LogP contribution in [-0.4, -0.2) is 39.2 Å². The van der Waals surface area contributed by atoms with Crippen LogP contribution in [0.5, 0.6) is 5.75 Å². The molecule has 0 aliphatic carbocycles. The highest BCUT2D eigenvalue weighted by Gasteiger charge is 2.39. The van der Waals surface area contributed by atoms with E-state index in [9.17, 15) is 23.1 Å². The molecule has 39 heavy (non-hydrogen) atoms. The maximum absolute atomic E-state index is 13.2. The Morgan fingerprint density at radius 3 is 2.23 bits per heavy atom. The number of aromatic nitrogens is 2. The number of hydrogen-bond donors (Lipinski definition) is 4. The Hall–Kier alpha value is -3.72. The van der Waals surface area contributed by atoms with E-state index < -0.39 is 17.3 Å². The van der Waals surface area contributed by atoms with Crippen molar-refractivity contribution in [2.24, 2.45) is 0 Å². The van der Waals surface area contributed by atoms with Gasteiger partial charge < -0.3 is 25.3 Å². The van der Waals surface area contributed by atoms with E-state index in [-0.39, 0.29) is 22.4 Å². The molecule has 0 atom stereocenters. The number of piperidine rings is 1. The van der Waals surface area contributed by atoms with Gasteiger partial charge in [-0.2, -0.15) is 13.2 Å². The third kappa shape index (κ3) is 5.28. The van der Waals surface area contributed by atoms with Gasteiger partial charge >= 0.3 is 6.18 Å². The molecule has 9 heteroatoms. The molecule has 1 fully saturated rings. The lowest BCUT2D eigenvalue weighted by Gasteiger charge is -2.49. The number of H-pyrrole nitrogens is 2. The number of aromatic hydroxyl groups is 1. The van der Waals surface area contributed by atoms with Crippen LogP contribution in [0.3, 0.4) is 0 Å². The third-order valence-electron chi connectivity index (χ3n) is 7.62. The number of alkyl halides is 3. The molecule has 5 rings (SSSR count). The molecule has 1 aliphatic rings. The lowest BCUT2D eigenvalue weighted by Crippen LogP contribution is -2.61. The van der Waals surface area contributed by atoms with E-state index in [0.29, 0.717) is 17.2 Å². The van der Waals surface area contributed by atoms with Gasteiger partial charge in [-0.1, -0.05) is 12.1 Å². The zero-order chi connectivity index (χ0) is 28.3. The Morgan fingerprint density at radius 1 is 0.897 bits per heavy atom. The van der Waals surface area contributed by atoms with Crippen LogP contribution in [0, 0.1) is 0 Å². The molecule has 0 saturated carbocycles. The zero-order valence-electron chi connectivity index (χ0n) is 22.6. The maximum atomic E-state index is 13.2. The molecular formula is C30H33F3N4O2. The van der Waals surface area contributed by atoms with Crippen molar-refractivity contribution in [3.63, 3.8) is 0 Å². The SMILES string of the molecule is CN(c1ccc2c(-c3ccc(-c4c[nH]c(=O)c(C(F)(F)F)c4)cc3O)c[nH]c2c1)C1CC(C)(C)NC(C)(C)C1. The lowest BCUT2D eigenvalue weighted by molar-refractivity contribution is -0.138. The van der Waals surface area contributed by atoms with Gasteiger partial charge in [-0.3, -0.25) is 4.79 Å². The molecule has 1 saturated heterocycles. The second-order valence-electron chi connectivity index (χ2n) is 11.9. The second kappa shape index (κ2) is 9.19. The molecule has 6 nitrogen and oxygen atoms in total. The maximum Gasteiger partial charge on any atom is 0.421 e. The Balaban J connectivity index is 1.44. The van der Waals surface area contributed by atoms with Crippen molar-refractivity contribution >= 4 is 16.6 Å². The molecule has 0 amide bonds. The number of fused-ring (bicyclic) bond motifs is 1. The molecule has 4 aromatic rings. The predicted octanol–water partition coefficient (Wildman–Crippen LogP) is 6.66. The van der Waals surface area contributed by atoms with Crippen LogP contribution in [-0.2, 0) is 6.18 Å². The quantitative estimate of drug-likeness (QED) is 0.234. The van der Waals surface area contributed by atoms with Crippen LogP contribution in [0.25, 0.3) is 33.2 Å². The van der Waals surface area contributed by atoms with Crippen LogP contribution in [0.2, 0.25) is 0 Å². The first kappa shape index (κ1) is 26.9. The van der Waals surface area contributed by atoms with Gasteiger partial charge in [-0.15, -0.1) is 0 Å². The molecule has 2 aromatic heterocycles. The van der Waals surface area contributed by atoms with E-state index in [1.165, 1.54) is 12.3 Å². The number of phenolic OH excluding ortho intramolecular Hbond substituents is 1. The highest BCUT2D eigenvalue weighted by Crippen LogP contribution is 2.39. The molecular weight excluding hydrogens is 505 g/mol. The number of nitrogens with zero attached hydrogens (tertiary/aromatic N) is 1. The minimum Gasteiger partial charge on any atom is -0.507 e. The fraction of sp³-hybridized carbons (Fsp3) is 0.367. The summed E-state index contributed by atoms with van der Waals surface area (Å²) in [6, 6.07) is 12.1. The van der Waals surface area contributed by atoms with Gasteiger partial charge in [0.05, 0.1) is 0 Å². The first-order chi connectivity index (χ1) is 18.1. The van der Waals surface area contributed by atoms with Crippen molar-refractivity contribution in [1.29, 1.82) is 0 Å². The highest BCUT2D eigenvalue weighted by molar-refractivity contribution is 5.98. The zero-order valence-corrected chi connectivity index (χ0v) is 22.6. The van der Waals surface area contributed by atoms with Crippen molar-refractivity contribution in [3.05, 3.63) is 70.8 Å². The summed E-state index contributed by atoms with van der Waals surface area (Å²) >= 11 is 0. The summed E-state index contributed by atoms with van der Waals surface area (Å²) in [5.74, 6) is -0.0754. The number of halogens is 3. The molecule has 3 heterocycles. The van der Waals surface area contributed by atoms with Gasteiger partial charge in [0, 0.05) is 64.3 Å². The minimum atomic E-state index is -4.77. The fourth-order valence-electron chi connectivity index (χ4n) is 6.11. The Kier molecular flexibility index (Phi) is 6.33. The number of benzene rings is 2. The van der Waals surface area contributed by atoms with Crippen LogP contribution in [0.1, 0.15) is 46.1 Å². The van der Waals surface area contributed by atoms with Gasteiger partial charge in [-0.05, 0) is 82.0 Å². The van der Waals surface area contributed by atoms with E-state index in [2.05, 4.69) is 67.1 Å². The van der Waals surface area contributed by atoms with Crippen molar-refractivity contribution in [2.75, 3.05) is 11.9 Å². The summed E-state index contributed by atoms with van der Waals surface area (Å²) in [5.41, 5.74) is 1.41. The van der Waals surface area contributed by atoms with Crippen LogP contribution < -0.4 is 15.8 Å². The Bertz CT molecular complexity index is 1580. The number of phenols is 1. The number of aromatic amines is 2. The summed E-state index contributed by atoms with van der Waals surface area (Å²) in [5, 5.41) is 15.5. The van der Waals surface area contributed by atoms with Crippen LogP contribution in [0.4, 0.5) is 18.9 Å². The van der Waals surface area contributed by atoms with Gasteiger partial charge in [-0.25, -0.2) is 0 Å². The van der Waals surface area contributed by atoms with Crippen LogP contribution >= 0.6 is 0 Å². The largest absolute Gasteiger partial charge is 0.507 e. The molecule has 206 valence electrons. The van der Waals surface area contributed by atoms with E-state index in [1.54, 1.807) is 12.1 Å². The van der Waals surface area contributed by atoms with Crippen molar-refractivity contribution in [3.8, 4) is 28.0 Å². The van der Waals surface area contributed by atoms with Gasteiger partial charge in [0.25, 0.3) is 5.56 Å². The minimum absolute atomic E-state index is 0.0252. The molecule has 4 N–H and O–H groups in total. The summed E-state index contributed by atoms with van der Waals surface area (Å²) < 4.78 is 39.6. The number of hydrogen-bond acceptors (Lipinski definition) is 4. The smallest absolute Gasteiger partial charge is 0.421 e. The topological polar surface area (TPSA) is 84.2 Å². The Morgan fingerprint density at radius 2 is 1.59 bits per heavy atom. The normalized spacial score (nSPS) is 17.4. The van der Waals surface area contributed by atoms with E-state index in [1.807, 2.05) is 12.3 Å². The van der Waals surface area contributed by atoms with E-state index in [0.717, 1.165) is 41.1 Å². The van der Waals surface area contributed by atoms with Crippen LogP contribution in [0.15, 0.2) is 59.7 Å². The second-order valence-corrected chi connectivity index (χ2v) is 11.9. The van der Waals surface area contributed by atoms with Crippen molar-refractivity contribution in [1.82, 2.24) is 15.3 Å². The molecule has 0 spiro atoms.